The molecule has 0 spiro atoms. The van der Waals surface area contributed by atoms with Gasteiger partial charge in [-0.2, -0.15) is 0 Å². The Bertz CT molecular complexity index is 250. The molecule has 0 bridgehead atoms. The number of fused-ring (bicyclic) bond motifs is 1. The Morgan fingerprint density at radius 1 is 1.27 bits per heavy atom. The molecule has 11 heavy (non-hydrogen) atoms. The van der Waals surface area contributed by atoms with E-state index < -0.39 is 0 Å². The molecule has 1 aromatic rings. The second-order valence-electron chi connectivity index (χ2n) is 3.20. The Labute approximate surface area is 68.3 Å². The summed E-state index contributed by atoms with van der Waals surface area (Å²) in [5.41, 5.74) is 2.81. The molecule has 0 heteroatoms. The number of aryl methyl sites for hydroxylation is 1. The highest BCUT2D eigenvalue weighted by Gasteiger charge is 2.14. The highest BCUT2D eigenvalue weighted by atomic mass is 14.2. The van der Waals surface area contributed by atoms with E-state index >= 15 is 0 Å². The van der Waals surface area contributed by atoms with Crippen molar-refractivity contribution in [1.82, 2.24) is 0 Å². The van der Waals surface area contributed by atoms with Crippen LogP contribution in [0.15, 0.2) is 24.3 Å². The average molecular weight is 144 g/mol. The molecule has 0 saturated carbocycles. The van der Waals surface area contributed by atoms with Crippen molar-refractivity contribution < 1.29 is 0 Å². The van der Waals surface area contributed by atoms with E-state index in [2.05, 4.69) is 24.3 Å². The predicted molar refractivity (Wildman–Crippen MR) is 46.4 cm³/mol. The lowest BCUT2D eigenvalue weighted by Gasteiger charge is -2.21. The Hall–Kier alpha value is -0.780. The molecule has 1 aromatic carbocycles. The fraction of sp³-hybridized carbons (Fsp3) is 0.364. The number of hydrogen-bond donors (Lipinski definition) is 0. The normalized spacial score (nSPS) is 22.8. The van der Waals surface area contributed by atoms with Crippen molar-refractivity contribution in [2.24, 2.45) is 0 Å². The van der Waals surface area contributed by atoms with Crippen molar-refractivity contribution in [2.75, 3.05) is 0 Å². The van der Waals surface area contributed by atoms with E-state index in [0.29, 0.717) is 5.92 Å². The van der Waals surface area contributed by atoms with Crippen molar-refractivity contribution >= 4 is 0 Å². The van der Waals surface area contributed by atoms with Crippen molar-refractivity contribution in [1.29, 1.82) is 0 Å². The fourth-order valence-electron chi connectivity index (χ4n) is 1.79. The lowest BCUT2D eigenvalue weighted by molar-refractivity contribution is 0.627. The molecule has 0 unspecified atom stereocenters. The summed E-state index contributed by atoms with van der Waals surface area (Å²) < 4.78 is 0. The summed E-state index contributed by atoms with van der Waals surface area (Å²) in [6.45, 7) is 5.95. The average Bonchev–Trinajstić information content (AvgIpc) is 2.06. The molecule has 1 aliphatic rings. The van der Waals surface area contributed by atoms with Crippen LogP contribution < -0.4 is 0 Å². The SMILES string of the molecule is [CH][C@@H]1CCCc2ccccc21. The van der Waals surface area contributed by atoms with E-state index in [-0.39, 0.29) is 0 Å². The smallest absolute Gasteiger partial charge is 0.0125 e. The molecule has 0 N–H and O–H groups in total. The Kier molecular flexibility index (Phi) is 1.69. The van der Waals surface area contributed by atoms with Crippen molar-refractivity contribution in [3.63, 3.8) is 0 Å². The van der Waals surface area contributed by atoms with Crippen LogP contribution in [0, 0.1) is 6.92 Å². The minimum Gasteiger partial charge on any atom is -0.0620 e. The number of rotatable bonds is 0. The maximum Gasteiger partial charge on any atom is -0.0125 e. The van der Waals surface area contributed by atoms with Crippen LogP contribution >= 0.6 is 0 Å². The van der Waals surface area contributed by atoms with Gasteiger partial charge in [0, 0.05) is 0 Å². The van der Waals surface area contributed by atoms with Crippen molar-refractivity contribution in [2.45, 2.75) is 25.2 Å². The summed E-state index contributed by atoms with van der Waals surface area (Å²) >= 11 is 0. The van der Waals surface area contributed by atoms with Crippen LogP contribution in [0.1, 0.15) is 29.9 Å². The largest absolute Gasteiger partial charge is 0.0620 e. The molecule has 0 nitrogen and oxygen atoms in total. The lowest BCUT2D eigenvalue weighted by Crippen LogP contribution is -2.06. The Morgan fingerprint density at radius 3 is 2.91 bits per heavy atom. The first kappa shape index (κ1) is 6.90. The third kappa shape index (κ3) is 1.18. The first-order valence-electron chi connectivity index (χ1n) is 4.21. The number of benzene rings is 1. The first-order chi connectivity index (χ1) is 5.38. The molecule has 0 heterocycles. The second-order valence-corrected chi connectivity index (χ2v) is 3.20. The summed E-state index contributed by atoms with van der Waals surface area (Å²) in [4.78, 5) is 0. The molecule has 0 aliphatic heterocycles. The summed E-state index contributed by atoms with van der Waals surface area (Å²) in [6, 6.07) is 8.51. The molecule has 2 rings (SSSR count). The van der Waals surface area contributed by atoms with Gasteiger partial charge in [0.25, 0.3) is 0 Å². The van der Waals surface area contributed by atoms with Crippen molar-refractivity contribution in [3.8, 4) is 0 Å². The summed E-state index contributed by atoms with van der Waals surface area (Å²) in [5.74, 6) is 0.292. The molecular weight excluding hydrogens is 132 g/mol. The highest BCUT2D eigenvalue weighted by Crippen LogP contribution is 2.29. The predicted octanol–water partition coefficient (Wildman–Crippen LogP) is 2.82. The van der Waals surface area contributed by atoms with Gasteiger partial charge >= 0.3 is 0 Å². The van der Waals surface area contributed by atoms with Gasteiger partial charge in [0.2, 0.25) is 0 Å². The first-order valence-corrected chi connectivity index (χ1v) is 4.21. The van der Waals surface area contributed by atoms with E-state index in [1.807, 2.05) is 0 Å². The van der Waals surface area contributed by atoms with Gasteiger partial charge in [0.1, 0.15) is 0 Å². The Morgan fingerprint density at radius 2 is 2.09 bits per heavy atom. The van der Waals surface area contributed by atoms with E-state index in [4.69, 9.17) is 6.92 Å². The molecule has 0 amide bonds. The van der Waals surface area contributed by atoms with E-state index in [0.717, 1.165) is 6.42 Å². The molecular formula is C11H12. The van der Waals surface area contributed by atoms with Gasteiger partial charge < -0.3 is 0 Å². The van der Waals surface area contributed by atoms with Gasteiger partial charge in [-0.05, 0) is 43.2 Å². The van der Waals surface area contributed by atoms with Crippen LogP contribution in [0.5, 0.6) is 0 Å². The van der Waals surface area contributed by atoms with Gasteiger partial charge in [0.15, 0.2) is 0 Å². The zero-order chi connectivity index (χ0) is 7.68. The summed E-state index contributed by atoms with van der Waals surface area (Å²) in [7, 11) is 0. The molecule has 1 aliphatic carbocycles. The Balaban J connectivity index is 2.44. The maximum absolute atomic E-state index is 5.95. The van der Waals surface area contributed by atoms with Gasteiger partial charge in [-0.3, -0.25) is 0 Å². The van der Waals surface area contributed by atoms with Gasteiger partial charge in [-0.1, -0.05) is 24.3 Å². The summed E-state index contributed by atoms with van der Waals surface area (Å²) in [5, 5.41) is 0. The fourth-order valence-corrected chi connectivity index (χ4v) is 1.79. The molecule has 0 saturated heterocycles. The maximum atomic E-state index is 5.95. The van der Waals surface area contributed by atoms with E-state index in [9.17, 15) is 0 Å². The molecule has 0 aromatic heterocycles. The molecule has 0 fully saturated rings. The molecule has 2 radical (unpaired) electrons. The van der Waals surface area contributed by atoms with Crippen LogP contribution in [-0.4, -0.2) is 0 Å². The van der Waals surface area contributed by atoms with Gasteiger partial charge in [-0.25, -0.2) is 0 Å². The molecule has 1 atom stereocenters. The van der Waals surface area contributed by atoms with Crippen LogP contribution in [0.25, 0.3) is 0 Å². The van der Waals surface area contributed by atoms with Crippen LogP contribution in [-0.2, 0) is 6.42 Å². The second kappa shape index (κ2) is 2.69. The van der Waals surface area contributed by atoms with E-state index in [1.54, 1.807) is 0 Å². The third-order valence-electron chi connectivity index (χ3n) is 2.42. The van der Waals surface area contributed by atoms with Gasteiger partial charge in [0.05, 0.1) is 0 Å². The molecule has 56 valence electrons. The van der Waals surface area contributed by atoms with Gasteiger partial charge in [-0.15, -0.1) is 0 Å². The highest BCUT2D eigenvalue weighted by molar-refractivity contribution is 5.32. The van der Waals surface area contributed by atoms with Crippen molar-refractivity contribution in [3.05, 3.63) is 42.3 Å². The number of hydrogen-bond acceptors (Lipinski definition) is 0. The monoisotopic (exact) mass is 144 g/mol. The lowest BCUT2D eigenvalue weighted by atomic mass is 9.84. The topological polar surface area (TPSA) is 0 Å². The minimum absolute atomic E-state index is 0.292. The summed E-state index contributed by atoms with van der Waals surface area (Å²) in [6.07, 6.45) is 3.61. The van der Waals surface area contributed by atoms with Crippen LogP contribution in [0.2, 0.25) is 0 Å². The zero-order valence-corrected chi connectivity index (χ0v) is 6.59. The van der Waals surface area contributed by atoms with E-state index in [1.165, 1.54) is 24.0 Å². The zero-order valence-electron chi connectivity index (χ0n) is 6.59. The standard InChI is InChI=1S/C11H12/c1-9-5-4-7-10-6-2-3-8-11(9)10/h1-3,6,8-9H,4-5,7H2/t9-/m1/s1. The third-order valence-corrected chi connectivity index (χ3v) is 2.42. The quantitative estimate of drug-likeness (QED) is 0.525. The van der Waals surface area contributed by atoms with Crippen LogP contribution in [0.3, 0.4) is 0 Å². The van der Waals surface area contributed by atoms with Crippen LogP contribution in [0.4, 0.5) is 0 Å². The minimum atomic E-state index is 0.292.